The molecule has 0 spiro atoms. The molecule has 2 aliphatic rings. The summed E-state index contributed by atoms with van der Waals surface area (Å²) in [5.74, 6) is -0.126. The lowest BCUT2D eigenvalue weighted by Gasteiger charge is -2.35. The average Bonchev–Trinajstić information content (AvgIpc) is 3.69. The first-order chi connectivity index (χ1) is 18.3. The third-order valence-electron chi connectivity index (χ3n) is 7.72. The van der Waals surface area contributed by atoms with Gasteiger partial charge in [-0.3, -0.25) is 9.59 Å². The first kappa shape index (κ1) is 24.5. The SMILES string of the molecule is CN(C)c1nc(C(=O)N2[C@@H]3CC[C@@H](C3)[C@H]2CNC(=O)c2nc3ccccc3n2C)c(-c2cccc(F)c2)s1. The maximum absolute atomic E-state index is 14.1. The second-order valence-corrected chi connectivity index (χ2v) is 11.3. The van der Waals surface area contributed by atoms with Gasteiger partial charge in [0.05, 0.1) is 22.0 Å². The number of nitrogens with zero attached hydrogens (tertiary/aromatic N) is 5. The van der Waals surface area contributed by atoms with Crippen molar-refractivity contribution in [1.82, 2.24) is 24.8 Å². The topological polar surface area (TPSA) is 83.4 Å². The molecule has 3 heterocycles. The minimum atomic E-state index is -0.358. The highest BCUT2D eigenvalue weighted by Gasteiger charge is 2.49. The zero-order valence-electron chi connectivity index (χ0n) is 21.5. The number of amides is 2. The number of fused-ring (bicyclic) bond motifs is 3. The Morgan fingerprint density at radius 3 is 2.71 bits per heavy atom. The van der Waals surface area contributed by atoms with Crippen molar-refractivity contribution in [2.24, 2.45) is 13.0 Å². The normalized spacial score (nSPS) is 20.3. The van der Waals surface area contributed by atoms with Gasteiger partial charge in [0.15, 0.2) is 11.0 Å². The number of hydrogen-bond acceptors (Lipinski definition) is 6. The molecule has 6 rings (SSSR count). The summed E-state index contributed by atoms with van der Waals surface area (Å²) < 4.78 is 15.9. The number of hydrogen-bond donors (Lipinski definition) is 1. The Hall–Kier alpha value is -3.79. The number of piperidine rings is 1. The maximum atomic E-state index is 14.1. The second kappa shape index (κ2) is 9.50. The van der Waals surface area contributed by atoms with E-state index >= 15 is 0 Å². The van der Waals surface area contributed by atoms with Crippen molar-refractivity contribution >= 4 is 39.3 Å². The van der Waals surface area contributed by atoms with Crippen LogP contribution in [0.5, 0.6) is 0 Å². The molecule has 2 amide bonds. The molecule has 1 N–H and O–H groups in total. The number of benzene rings is 2. The summed E-state index contributed by atoms with van der Waals surface area (Å²) >= 11 is 1.38. The van der Waals surface area contributed by atoms with Crippen LogP contribution in [0.1, 0.15) is 40.4 Å². The summed E-state index contributed by atoms with van der Waals surface area (Å²) in [5, 5.41) is 3.73. The number of thiazole rings is 1. The Kier molecular flexibility index (Phi) is 6.14. The molecule has 4 aromatic rings. The van der Waals surface area contributed by atoms with Crippen molar-refractivity contribution in [3.05, 3.63) is 65.9 Å². The van der Waals surface area contributed by atoms with E-state index in [9.17, 15) is 14.0 Å². The van der Waals surface area contributed by atoms with Gasteiger partial charge in [-0.2, -0.15) is 0 Å². The molecule has 1 aliphatic carbocycles. The molecule has 0 radical (unpaired) electrons. The predicted octanol–water partition coefficient (Wildman–Crippen LogP) is 4.33. The van der Waals surface area contributed by atoms with E-state index in [1.807, 2.05) is 55.2 Å². The number of imidazole rings is 1. The van der Waals surface area contributed by atoms with Crippen molar-refractivity contribution in [2.75, 3.05) is 25.5 Å². The maximum Gasteiger partial charge on any atom is 0.287 e. The summed E-state index contributed by atoms with van der Waals surface area (Å²) in [6.45, 7) is 0.342. The molecule has 10 heteroatoms. The van der Waals surface area contributed by atoms with E-state index in [1.165, 1.54) is 23.5 Å². The van der Waals surface area contributed by atoms with Gasteiger partial charge in [-0.1, -0.05) is 35.6 Å². The number of likely N-dealkylation sites (tertiary alicyclic amines) is 1. The van der Waals surface area contributed by atoms with Crippen LogP contribution in [-0.4, -0.2) is 64.0 Å². The fourth-order valence-electron chi connectivity index (χ4n) is 5.89. The highest BCUT2D eigenvalue weighted by Crippen LogP contribution is 2.44. The van der Waals surface area contributed by atoms with Gasteiger partial charge in [-0.25, -0.2) is 14.4 Å². The molecule has 3 atom stereocenters. The molecule has 8 nitrogen and oxygen atoms in total. The summed E-state index contributed by atoms with van der Waals surface area (Å²) in [5.41, 5.74) is 2.63. The van der Waals surface area contributed by atoms with Crippen LogP contribution in [0, 0.1) is 11.7 Å². The molecular formula is C28H29FN6O2S. The quantitative estimate of drug-likeness (QED) is 0.400. The molecule has 38 heavy (non-hydrogen) atoms. The van der Waals surface area contributed by atoms with Crippen LogP contribution in [0.25, 0.3) is 21.5 Å². The summed E-state index contributed by atoms with van der Waals surface area (Å²) in [7, 11) is 5.58. The van der Waals surface area contributed by atoms with Crippen molar-refractivity contribution in [3.63, 3.8) is 0 Å². The Morgan fingerprint density at radius 1 is 1.13 bits per heavy atom. The number of carbonyl (C=O) groups is 2. The lowest BCUT2D eigenvalue weighted by Crippen LogP contribution is -2.50. The zero-order valence-corrected chi connectivity index (χ0v) is 22.3. The predicted molar refractivity (Wildman–Crippen MR) is 146 cm³/mol. The van der Waals surface area contributed by atoms with E-state index in [0.29, 0.717) is 39.6 Å². The monoisotopic (exact) mass is 532 g/mol. The zero-order chi connectivity index (χ0) is 26.6. The summed E-state index contributed by atoms with van der Waals surface area (Å²) in [6, 6.07) is 13.9. The number of rotatable bonds is 6. The Balaban J connectivity index is 1.28. The smallest absolute Gasteiger partial charge is 0.287 e. The van der Waals surface area contributed by atoms with E-state index in [0.717, 1.165) is 30.3 Å². The third kappa shape index (κ3) is 4.13. The number of carbonyl (C=O) groups excluding carboxylic acids is 2. The van der Waals surface area contributed by atoms with Gasteiger partial charge in [0.1, 0.15) is 11.5 Å². The molecule has 2 aromatic carbocycles. The standard InChI is InChI=1S/C28H29FN6O2S/c1-33(2)28-32-23(24(38-28)17-7-6-8-18(29)13-17)27(37)35-19-12-11-16(14-19)22(35)15-30-26(36)25-31-20-9-4-5-10-21(20)34(25)3/h4-10,13,16,19,22H,11-12,14-15H2,1-3H3,(H,30,36)/t16-,19+,22+/m0/s1. The summed E-state index contributed by atoms with van der Waals surface area (Å²) in [6.07, 6.45) is 2.88. The summed E-state index contributed by atoms with van der Waals surface area (Å²) in [4.78, 5) is 40.8. The molecule has 2 bridgehead atoms. The fourth-order valence-corrected chi connectivity index (χ4v) is 6.87. The van der Waals surface area contributed by atoms with Crippen LogP contribution in [-0.2, 0) is 7.05 Å². The molecule has 2 fully saturated rings. The van der Waals surface area contributed by atoms with E-state index in [4.69, 9.17) is 0 Å². The van der Waals surface area contributed by atoms with Crippen molar-refractivity contribution in [1.29, 1.82) is 0 Å². The van der Waals surface area contributed by atoms with Crippen molar-refractivity contribution in [3.8, 4) is 10.4 Å². The Morgan fingerprint density at radius 2 is 1.95 bits per heavy atom. The molecule has 1 saturated carbocycles. The lowest BCUT2D eigenvalue weighted by molar-refractivity contribution is 0.0577. The van der Waals surface area contributed by atoms with E-state index in [2.05, 4.69) is 15.3 Å². The molecular weight excluding hydrogens is 503 g/mol. The first-order valence-electron chi connectivity index (χ1n) is 12.8. The van der Waals surface area contributed by atoms with Crippen molar-refractivity contribution < 1.29 is 14.0 Å². The molecule has 196 valence electrons. The van der Waals surface area contributed by atoms with Crippen LogP contribution in [0.4, 0.5) is 9.52 Å². The van der Waals surface area contributed by atoms with Crippen LogP contribution in [0.3, 0.4) is 0 Å². The van der Waals surface area contributed by atoms with Gasteiger partial charge in [-0.05, 0) is 55.0 Å². The Bertz CT molecular complexity index is 1550. The van der Waals surface area contributed by atoms with Crippen LogP contribution in [0.15, 0.2) is 48.5 Å². The van der Waals surface area contributed by atoms with E-state index in [1.54, 1.807) is 16.7 Å². The fraction of sp³-hybridized carbons (Fsp3) is 0.357. The lowest BCUT2D eigenvalue weighted by atomic mass is 9.98. The number of nitrogens with one attached hydrogen (secondary N) is 1. The largest absolute Gasteiger partial charge is 0.354 e. The molecule has 1 aliphatic heterocycles. The van der Waals surface area contributed by atoms with Gasteiger partial charge >= 0.3 is 0 Å². The van der Waals surface area contributed by atoms with Crippen LogP contribution >= 0.6 is 11.3 Å². The third-order valence-corrected chi connectivity index (χ3v) is 9.00. The minimum absolute atomic E-state index is 0.106. The molecule has 0 unspecified atom stereocenters. The van der Waals surface area contributed by atoms with E-state index in [-0.39, 0.29) is 29.7 Å². The first-order valence-corrected chi connectivity index (χ1v) is 13.6. The highest BCUT2D eigenvalue weighted by molar-refractivity contribution is 7.19. The molecule has 1 saturated heterocycles. The molecule has 2 aromatic heterocycles. The van der Waals surface area contributed by atoms with Crippen LogP contribution in [0.2, 0.25) is 0 Å². The second-order valence-electron chi connectivity index (χ2n) is 10.3. The minimum Gasteiger partial charge on any atom is -0.354 e. The number of aryl methyl sites for hydroxylation is 1. The highest BCUT2D eigenvalue weighted by atomic mass is 32.1. The number of anilines is 1. The van der Waals surface area contributed by atoms with Crippen LogP contribution < -0.4 is 10.2 Å². The van der Waals surface area contributed by atoms with Gasteiger partial charge in [0, 0.05) is 33.7 Å². The number of halogens is 1. The van der Waals surface area contributed by atoms with Gasteiger partial charge < -0.3 is 19.7 Å². The van der Waals surface area contributed by atoms with Gasteiger partial charge in [0.25, 0.3) is 11.8 Å². The van der Waals surface area contributed by atoms with Gasteiger partial charge in [-0.15, -0.1) is 0 Å². The van der Waals surface area contributed by atoms with E-state index < -0.39 is 0 Å². The Labute approximate surface area is 224 Å². The van der Waals surface area contributed by atoms with Crippen molar-refractivity contribution in [2.45, 2.75) is 31.3 Å². The average molecular weight is 533 g/mol. The number of para-hydroxylation sites is 2. The number of aromatic nitrogens is 3. The van der Waals surface area contributed by atoms with Gasteiger partial charge in [0.2, 0.25) is 0 Å².